The van der Waals surface area contributed by atoms with Gasteiger partial charge in [-0.05, 0) is 55.5 Å². The van der Waals surface area contributed by atoms with Gasteiger partial charge in [0.2, 0.25) is 5.91 Å². The molecule has 31 heavy (non-hydrogen) atoms. The number of rotatable bonds is 6. The van der Waals surface area contributed by atoms with Gasteiger partial charge < -0.3 is 19.3 Å². The monoisotopic (exact) mass is 419 g/mol. The van der Waals surface area contributed by atoms with Crippen molar-refractivity contribution >= 4 is 27.8 Å². The van der Waals surface area contributed by atoms with Gasteiger partial charge in [0.1, 0.15) is 11.2 Å². The summed E-state index contributed by atoms with van der Waals surface area (Å²) in [5.41, 5.74) is 4.51. The highest BCUT2D eigenvalue weighted by Crippen LogP contribution is 2.34. The number of fused-ring (bicyclic) bond motifs is 3. The number of aliphatic hydroxyl groups is 1. The van der Waals surface area contributed by atoms with E-state index in [1.54, 1.807) is 6.26 Å². The molecule has 0 bridgehead atoms. The fraction of sp³-hybridized carbons (Fsp3) is 0.280. The predicted molar refractivity (Wildman–Crippen MR) is 119 cm³/mol. The molecule has 2 N–H and O–H groups in total. The van der Waals surface area contributed by atoms with Gasteiger partial charge in [-0.3, -0.25) is 4.79 Å². The molecule has 0 saturated heterocycles. The molecule has 0 spiro atoms. The highest BCUT2D eigenvalue weighted by atomic mass is 16.4. The smallest absolute Gasteiger partial charge is 0.340 e. The molecule has 1 amide bonds. The van der Waals surface area contributed by atoms with Gasteiger partial charge in [-0.1, -0.05) is 30.3 Å². The van der Waals surface area contributed by atoms with Crippen molar-refractivity contribution in [1.82, 2.24) is 5.32 Å². The summed E-state index contributed by atoms with van der Waals surface area (Å²) in [5, 5.41) is 14.2. The molecule has 2 aromatic heterocycles. The molecule has 4 rings (SSSR count). The molecule has 4 aromatic rings. The first kappa shape index (κ1) is 20.9. The van der Waals surface area contributed by atoms with E-state index in [-0.39, 0.29) is 18.9 Å². The lowest BCUT2D eigenvalue weighted by Crippen LogP contribution is -2.40. The van der Waals surface area contributed by atoms with Crippen molar-refractivity contribution < 1.29 is 18.7 Å². The van der Waals surface area contributed by atoms with Crippen LogP contribution in [-0.2, 0) is 17.6 Å². The van der Waals surface area contributed by atoms with E-state index in [0.717, 1.165) is 22.1 Å². The van der Waals surface area contributed by atoms with Gasteiger partial charge >= 0.3 is 5.63 Å². The molecule has 1 unspecified atom stereocenters. The number of carbonyl (C=O) groups excluding carboxylic acids is 1. The van der Waals surface area contributed by atoms with Gasteiger partial charge in [0, 0.05) is 5.39 Å². The Morgan fingerprint density at radius 1 is 1.10 bits per heavy atom. The molecule has 6 nitrogen and oxygen atoms in total. The van der Waals surface area contributed by atoms with Crippen molar-refractivity contribution in [3.63, 3.8) is 0 Å². The lowest BCUT2D eigenvalue weighted by Gasteiger charge is -2.17. The van der Waals surface area contributed by atoms with E-state index in [1.807, 2.05) is 57.2 Å². The highest BCUT2D eigenvalue weighted by Gasteiger charge is 2.21. The Kier molecular flexibility index (Phi) is 5.65. The van der Waals surface area contributed by atoms with Crippen LogP contribution in [0.1, 0.15) is 27.8 Å². The Bertz CT molecular complexity index is 1320. The number of benzene rings is 2. The summed E-state index contributed by atoms with van der Waals surface area (Å²) < 4.78 is 11.3. The second-order valence-corrected chi connectivity index (χ2v) is 8.00. The zero-order valence-corrected chi connectivity index (χ0v) is 17.8. The second-order valence-electron chi connectivity index (χ2n) is 8.00. The minimum Gasteiger partial charge on any atom is -0.463 e. The van der Waals surface area contributed by atoms with Gasteiger partial charge in [-0.15, -0.1) is 0 Å². The summed E-state index contributed by atoms with van der Waals surface area (Å²) in [6.07, 6.45) is 2.05. The number of amides is 1. The Morgan fingerprint density at radius 3 is 2.55 bits per heavy atom. The fourth-order valence-electron chi connectivity index (χ4n) is 4.18. The van der Waals surface area contributed by atoms with Gasteiger partial charge in [0.05, 0.1) is 36.3 Å². The Morgan fingerprint density at radius 2 is 1.84 bits per heavy atom. The van der Waals surface area contributed by atoms with Crippen LogP contribution in [0.15, 0.2) is 56.3 Å². The molecule has 6 heteroatoms. The van der Waals surface area contributed by atoms with Crippen LogP contribution in [0.3, 0.4) is 0 Å². The van der Waals surface area contributed by atoms with E-state index in [0.29, 0.717) is 34.1 Å². The van der Waals surface area contributed by atoms with Crippen molar-refractivity contribution in [2.75, 3.05) is 6.61 Å². The van der Waals surface area contributed by atoms with Crippen LogP contribution in [0, 0.1) is 20.8 Å². The van der Waals surface area contributed by atoms with Crippen molar-refractivity contribution in [3.05, 3.63) is 80.9 Å². The van der Waals surface area contributed by atoms with Crippen LogP contribution in [0.5, 0.6) is 0 Å². The molecule has 1 atom stereocenters. The summed E-state index contributed by atoms with van der Waals surface area (Å²) >= 11 is 0. The number of hydrogen-bond donors (Lipinski definition) is 2. The van der Waals surface area contributed by atoms with Gasteiger partial charge in [0.25, 0.3) is 0 Å². The Labute approximate surface area is 179 Å². The molecule has 2 aromatic carbocycles. The first-order valence-corrected chi connectivity index (χ1v) is 10.3. The van der Waals surface area contributed by atoms with Crippen molar-refractivity contribution in [2.24, 2.45) is 0 Å². The maximum absolute atomic E-state index is 12.7. The van der Waals surface area contributed by atoms with Crippen LogP contribution < -0.4 is 10.9 Å². The number of furan rings is 1. The largest absolute Gasteiger partial charge is 0.463 e. The van der Waals surface area contributed by atoms with E-state index >= 15 is 0 Å². The van der Waals surface area contributed by atoms with Crippen LogP contribution in [0.4, 0.5) is 0 Å². The Balaban J connectivity index is 1.65. The quantitative estimate of drug-likeness (QED) is 0.465. The predicted octanol–water partition coefficient (Wildman–Crippen LogP) is 3.73. The first-order valence-electron chi connectivity index (χ1n) is 10.3. The number of aliphatic hydroxyl groups excluding tert-OH is 1. The number of nitrogens with one attached hydrogen (secondary N) is 1. The van der Waals surface area contributed by atoms with E-state index in [9.17, 15) is 14.7 Å². The zero-order chi connectivity index (χ0) is 22.1. The molecule has 2 heterocycles. The molecule has 160 valence electrons. The van der Waals surface area contributed by atoms with Crippen molar-refractivity contribution in [2.45, 2.75) is 39.7 Å². The van der Waals surface area contributed by atoms with E-state index in [1.165, 1.54) is 0 Å². The average molecular weight is 419 g/mol. The van der Waals surface area contributed by atoms with Crippen LogP contribution in [0.25, 0.3) is 21.9 Å². The average Bonchev–Trinajstić information content (AvgIpc) is 3.13. The van der Waals surface area contributed by atoms with Crippen LogP contribution in [-0.4, -0.2) is 23.7 Å². The van der Waals surface area contributed by atoms with Gasteiger partial charge in [-0.25, -0.2) is 4.79 Å². The lowest BCUT2D eigenvalue weighted by atomic mass is 9.98. The summed E-state index contributed by atoms with van der Waals surface area (Å²) in [4.78, 5) is 25.4. The minimum atomic E-state index is -0.536. The standard InChI is InChI=1S/C25H25NO5/c1-14-9-20-23(24-22(14)15(2)13-30-24)16(3)19(25(29)31-20)11-21(28)26-18(12-27)10-17-7-5-4-6-8-17/h4-9,13,18,27H,10-12H2,1-3H3,(H,26,28). The van der Waals surface area contributed by atoms with E-state index < -0.39 is 11.7 Å². The third kappa shape index (κ3) is 3.99. The molecular weight excluding hydrogens is 394 g/mol. The van der Waals surface area contributed by atoms with Crippen molar-refractivity contribution in [1.29, 1.82) is 0 Å². The van der Waals surface area contributed by atoms with E-state index in [2.05, 4.69) is 5.32 Å². The molecule has 0 aliphatic carbocycles. The fourth-order valence-corrected chi connectivity index (χ4v) is 4.18. The third-order valence-corrected chi connectivity index (χ3v) is 5.71. The number of carbonyl (C=O) groups is 1. The lowest BCUT2D eigenvalue weighted by molar-refractivity contribution is -0.121. The number of hydrogen-bond acceptors (Lipinski definition) is 5. The number of aryl methyl sites for hydroxylation is 3. The second kappa shape index (κ2) is 8.40. The molecule has 0 radical (unpaired) electrons. The Hall–Kier alpha value is -3.38. The van der Waals surface area contributed by atoms with E-state index in [4.69, 9.17) is 8.83 Å². The van der Waals surface area contributed by atoms with Crippen molar-refractivity contribution in [3.8, 4) is 0 Å². The molecular formula is C25H25NO5. The summed E-state index contributed by atoms with van der Waals surface area (Å²) in [6, 6.07) is 11.0. The first-order chi connectivity index (χ1) is 14.9. The van der Waals surface area contributed by atoms with Crippen LogP contribution >= 0.6 is 0 Å². The molecule has 0 aliphatic rings. The third-order valence-electron chi connectivity index (χ3n) is 5.71. The maximum Gasteiger partial charge on any atom is 0.340 e. The maximum atomic E-state index is 12.7. The SMILES string of the molecule is Cc1coc2c1c(C)cc1oc(=O)c(CC(=O)NC(CO)Cc3ccccc3)c(C)c12. The van der Waals surface area contributed by atoms with Gasteiger partial charge in [-0.2, -0.15) is 0 Å². The minimum absolute atomic E-state index is 0.134. The topological polar surface area (TPSA) is 92.7 Å². The summed E-state index contributed by atoms with van der Waals surface area (Å²) in [5.74, 6) is -0.344. The molecule has 0 aliphatic heterocycles. The highest BCUT2D eigenvalue weighted by molar-refractivity contribution is 6.07. The van der Waals surface area contributed by atoms with Gasteiger partial charge in [0.15, 0.2) is 0 Å². The summed E-state index contributed by atoms with van der Waals surface area (Å²) in [7, 11) is 0. The van der Waals surface area contributed by atoms with Crippen LogP contribution in [0.2, 0.25) is 0 Å². The summed E-state index contributed by atoms with van der Waals surface area (Å²) in [6.45, 7) is 5.53. The molecule has 0 fully saturated rings. The molecule has 0 saturated carbocycles. The normalized spacial score (nSPS) is 12.4. The zero-order valence-electron chi connectivity index (χ0n) is 17.8.